The van der Waals surface area contributed by atoms with E-state index in [2.05, 4.69) is 10.1 Å². The summed E-state index contributed by atoms with van der Waals surface area (Å²) in [6.07, 6.45) is 3.01. The number of rotatable bonds is 5. The first kappa shape index (κ1) is 18.4. The Labute approximate surface area is 149 Å². The molecular formula is C18H29N3O4. The third kappa shape index (κ3) is 4.22. The molecule has 25 heavy (non-hydrogen) atoms. The Hall–Kier alpha value is -1.44. The van der Waals surface area contributed by atoms with Gasteiger partial charge in [0.2, 0.25) is 5.91 Å². The van der Waals surface area contributed by atoms with Gasteiger partial charge in [-0.25, -0.2) is 0 Å². The number of amides is 1. The number of likely N-dealkylation sites (N-methyl/N-ethyl adjacent to an activating group) is 1. The summed E-state index contributed by atoms with van der Waals surface area (Å²) in [6, 6.07) is 0. The highest BCUT2D eigenvalue weighted by Crippen LogP contribution is 2.36. The molecule has 7 heteroatoms. The summed E-state index contributed by atoms with van der Waals surface area (Å²) in [5, 5.41) is 4.05. The molecule has 0 unspecified atom stereocenters. The van der Waals surface area contributed by atoms with Gasteiger partial charge in [0.1, 0.15) is 12.4 Å². The van der Waals surface area contributed by atoms with Gasteiger partial charge < -0.3 is 18.9 Å². The molecule has 7 nitrogen and oxygen atoms in total. The Kier molecular flexibility index (Phi) is 5.46. The lowest BCUT2D eigenvalue weighted by atomic mass is 9.89. The monoisotopic (exact) mass is 351 g/mol. The van der Waals surface area contributed by atoms with Crippen LogP contribution in [-0.4, -0.2) is 73.0 Å². The molecule has 2 aliphatic heterocycles. The fourth-order valence-electron chi connectivity index (χ4n) is 3.79. The largest absolute Gasteiger partial charge is 0.371 e. The maximum Gasteiger partial charge on any atom is 0.248 e. The zero-order valence-electron chi connectivity index (χ0n) is 15.7. The fraction of sp³-hybridized carbons (Fsp3) is 0.778. The Morgan fingerprint density at radius 3 is 2.92 bits per heavy atom. The molecule has 0 aliphatic carbocycles. The van der Waals surface area contributed by atoms with E-state index in [1.807, 2.05) is 13.8 Å². The van der Waals surface area contributed by atoms with Crippen molar-refractivity contribution in [2.24, 2.45) is 0 Å². The van der Waals surface area contributed by atoms with Crippen molar-refractivity contribution in [2.75, 3.05) is 40.4 Å². The van der Waals surface area contributed by atoms with Gasteiger partial charge in [0, 0.05) is 39.2 Å². The summed E-state index contributed by atoms with van der Waals surface area (Å²) in [7, 11) is 3.48. The van der Waals surface area contributed by atoms with E-state index in [1.165, 1.54) is 5.56 Å². The van der Waals surface area contributed by atoms with Crippen LogP contribution in [0, 0.1) is 13.8 Å². The van der Waals surface area contributed by atoms with E-state index < -0.39 is 0 Å². The van der Waals surface area contributed by atoms with Crippen molar-refractivity contribution in [1.29, 1.82) is 0 Å². The first-order valence-electron chi connectivity index (χ1n) is 8.98. The van der Waals surface area contributed by atoms with E-state index in [1.54, 1.807) is 19.0 Å². The Morgan fingerprint density at radius 1 is 1.44 bits per heavy atom. The van der Waals surface area contributed by atoms with Crippen molar-refractivity contribution in [3.63, 3.8) is 0 Å². The Balaban J connectivity index is 1.55. The maximum absolute atomic E-state index is 11.7. The molecule has 0 radical (unpaired) electrons. The molecule has 1 amide bonds. The van der Waals surface area contributed by atoms with Crippen LogP contribution >= 0.6 is 0 Å². The van der Waals surface area contributed by atoms with Crippen LogP contribution in [0.5, 0.6) is 0 Å². The van der Waals surface area contributed by atoms with E-state index in [9.17, 15) is 4.79 Å². The summed E-state index contributed by atoms with van der Waals surface area (Å²) < 4.78 is 17.2. The molecule has 2 aliphatic rings. The standard InChI is InChI=1S/C18H29N3O4/c1-13-16(14(2)25-19-13)9-21-7-5-6-18(12-21)8-15(10-24-18)23-11-17(22)20(3)4/h15H,5-12H2,1-4H3/t15-,18-/m1/s1. The highest BCUT2D eigenvalue weighted by atomic mass is 16.6. The van der Waals surface area contributed by atoms with Gasteiger partial charge in [-0.05, 0) is 33.2 Å². The van der Waals surface area contributed by atoms with Crippen molar-refractivity contribution in [3.05, 3.63) is 17.0 Å². The summed E-state index contributed by atoms with van der Waals surface area (Å²) in [5.41, 5.74) is 2.00. The minimum Gasteiger partial charge on any atom is -0.371 e. The SMILES string of the molecule is Cc1noc(C)c1CN1CCC[C@@]2(C[C@@H](OCC(=O)N(C)C)CO2)C1. The van der Waals surface area contributed by atoms with Crippen LogP contribution in [0.4, 0.5) is 0 Å². The van der Waals surface area contributed by atoms with E-state index in [4.69, 9.17) is 14.0 Å². The second-order valence-corrected chi connectivity index (χ2v) is 7.54. The maximum atomic E-state index is 11.7. The highest BCUT2D eigenvalue weighted by Gasteiger charge is 2.44. The number of carbonyl (C=O) groups is 1. The predicted octanol–water partition coefficient (Wildman–Crippen LogP) is 1.52. The lowest BCUT2D eigenvalue weighted by Gasteiger charge is -2.39. The van der Waals surface area contributed by atoms with Crippen LogP contribution < -0.4 is 0 Å². The molecule has 140 valence electrons. The van der Waals surface area contributed by atoms with Gasteiger partial charge in [0.25, 0.3) is 0 Å². The Bertz CT molecular complexity index is 596. The average Bonchev–Trinajstić information content (AvgIpc) is 3.10. The minimum atomic E-state index is -0.150. The fourth-order valence-corrected chi connectivity index (χ4v) is 3.79. The van der Waals surface area contributed by atoms with E-state index >= 15 is 0 Å². The molecule has 2 atom stereocenters. The first-order valence-corrected chi connectivity index (χ1v) is 8.98. The van der Waals surface area contributed by atoms with E-state index in [0.29, 0.717) is 6.61 Å². The van der Waals surface area contributed by atoms with Crippen LogP contribution in [0.15, 0.2) is 4.52 Å². The summed E-state index contributed by atoms with van der Waals surface area (Å²) >= 11 is 0. The smallest absolute Gasteiger partial charge is 0.248 e. The molecule has 0 bridgehead atoms. The molecule has 2 saturated heterocycles. The minimum absolute atomic E-state index is 0.00270. The third-order valence-corrected chi connectivity index (χ3v) is 5.30. The highest BCUT2D eigenvalue weighted by molar-refractivity contribution is 5.76. The number of hydrogen-bond acceptors (Lipinski definition) is 6. The zero-order chi connectivity index (χ0) is 18.0. The third-order valence-electron chi connectivity index (χ3n) is 5.30. The van der Waals surface area contributed by atoms with Crippen LogP contribution in [0.2, 0.25) is 0 Å². The van der Waals surface area contributed by atoms with Gasteiger partial charge in [-0.1, -0.05) is 5.16 Å². The quantitative estimate of drug-likeness (QED) is 0.801. The number of aryl methyl sites for hydroxylation is 2. The molecule has 0 N–H and O–H groups in total. The molecule has 2 fully saturated rings. The lowest BCUT2D eigenvalue weighted by molar-refractivity contribution is -0.135. The summed E-state index contributed by atoms with van der Waals surface area (Å²) in [5.74, 6) is 0.887. The summed E-state index contributed by atoms with van der Waals surface area (Å²) in [6.45, 7) is 7.44. The van der Waals surface area contributed by atoms with E-state index in [0.717, 1.165) is 50.4 Å². The first-order chi connectivity index (χ1) is 11.9. The molecule has 1 aromatic heterocycles. The molecule has 3 rings (SSSR count). The van der Waals surface area contributed by atoms with Crippen LogP contribution in [0.1, 0.15) is 36.3 Å². The molecule has 0 aromatic carbocycles. The van der Waals surface area contributed by atoms with Crippen LogP contribution in [0.3, 0.4) is 0 Å². The van der Waals surface area contributed by atoms with Gasteiger partial charge in [-0.2, -0.15) is 0 Å². The molecule has 1 spiro atoms. The molecule has 3 heterocycles. The average molecular weight is 351 g/mol. The van der Waals surface area contributed by atoms with Crippen LogP contribution in [0.25, 0.3) is 0 Å². The number of hydrogen-bond donors (Lipinski definition) is 0. The lowest BCUT2D eigenvalue weighted by Crippen LogP contribution is -2.47. The Morgan fingerprint density at radius 2 is 2.24 bits per heavy atom. The van der Waals surface area contributed by atoms with Crippen molar-refractivity contribution < 1.29 is 18.8 Å². The number of likely N-dealkylation sites (tertiary alicyclic amines) is 1. The molecular weight excluding hydrogens is 322 g/mol. The van der Waals surface area contributed by atoms with E-state index in [-0.39, 0.29) is 24.2 Å². The molecule has 0 saturated carbocycles. The normalized spacial score (nSPS) is 27.1. The number of nitrogens with zero attached hydrogens (tertiary/aromatic N) is 3. The van der Waals surface area contributed by atoms with Crippen molar-refractivity contribution >= 4 is 5.91 Å². The van der Waals surface area contributed by atoms with Gasteiger partial charge in [-0.15, -0.1) is 0 Å². The second kappa shape index (κ2) is 7.43. The zero-order valence-corrected chi connectivity index (χ0v) is 15.7. The predicted molar refractivity (Wildman–Crippen MR) is 92.2 cm³/mol. The van der Waals surface area contributed by atoms with Gasteiger partial charge in [-0.3, -0.25) is 9.69 Å². The van der Waals surface area contributed by atoms with Gasteiger partial charge >= 0.3 is 0 Å². The van der Waals surface area contributed by atoms with Crippen LogP contribution in [-0.2, 0) is 20.8 Å². The molecule has 1 aromatic rings. The van der Waals surface area contributed by atoms with Gasteiger partial charge in [0.05, 0.1) is 24.0 Å². The number of ether oxygens (including phenoxy) is 2. The second-order valence-electron chi connectivity index (χ2n) is 7.54. The number of carbonyl (C=O) groups excluding carboxylic acids is 1. The number of aromatic nitrogens is 1. The van der Waals surface area contributed by atoms with Crippen molar-refractivity contribution in [1.82, 2.24) is 15.0 Å². The van der Waals surface area contributed by atoms with Gasteiger partial charge in [0.15, 0.2) is 0 Å². The topological polar surface area (TPSA) is 68.0 Å². The van der Waals surface area contributed by atoms with Crippen molar-refractivity contribution in [2.45, 2.75) is 51.4 Å². The van der Waals surface area contributed by atoms with Crippen molar-refractivity contribution in [3.8, 4) is 0 Å². The number of piperidine rings is 1. The summed E-state index contributed by atoms with van der Waals surface area (Å²) in [4.78, 5) is 15.7.